The first-order valence-electron chi connectivity index (χ1n) is 6.24. The standard InChI is InChI=1S/C15H18NOSSi/c1-11-7-5-8-13(15(11)17-19(3)4)16-12(2)14-9-6-10-18-14/h5-10H,1-4H3. The zero-order valence-corrected chi connectivity index (χ0v) is 13.5. The summed E-state index contributed by atoms with van der Waals surface area (Å²) in [5.74, 6) is 0.928. The molecular weight excluding hydrogens is 270 g/mol. The SMILES string of the molecule is CC(=Nc1cccc(C)c1O[Si](C)C)c1cccs1. The first-order chi connectivity index (χ1) is 9.08. The Kier molecular flexibility index (Phi) is 4.55. The van der Waals surface area contributed by atoms with Crippen molar-refractivity contribution in [1.29, 1.82) is 0 Å². The van der Waals surface area contributed by atoms with E-state index in [1.54, 1.807) is 11.3 Å². The van der Waals surface area contributed by atoms with Crippen LogP contribution in [-0.2, 0) is 0 Å². The molecule has 2 aromatic rings. The highest BCUT2D eigenvalue weighted by Gasteiger charge is 2.10. The van der Waals surface area contributed by atoms with E-state index in [1.807, 2.05) is 25.1 Å². The Hall–Kier alpha value is -1.39. The van der Waals surface area contributed by atoms with Crippen LogP contribution in [0.5, 0.6) is 5.75 Å². The Morgan fingerprint density at radius 3 is 2.63 bits per heavy atom. The minimum atomic E-state index is -0.786. The van der Waals surface area contributed by atoms with Crippen molar-refractivity contribution in [1.82, 2.24) is 0 Å². The predicted molar refractivity (Wildman–Crippen MR) is 85.5 cm³/mol. The topological polar surface area (TPSA) is 21.6 Å². The molecule has 0 aliphatic heterocycles. The van der Waals surface area contributed by atoms with Gasteiger partial charge >= 0.3 is 0 Å². The van der Waals surface area contributed by atoms with E-state index in [2.05, 4.69) is 37.5 Å². The van der Waals surface area contributed by atoms with Gasteiger partial charge in [0.05, 0.1) is 5.71 Å². The van der Waals surface area contributed by atoms with Crippen LogP contribution in [0, 0.1) is 6.92 Å². The first kappa shape index (κ1) is 14.0. The number of para-hydroxylation sites is 1. The zero-order valence-electron chi connectivity index (χ0n) is 11.7. The molecule has 0 atom stereocenters. The lowest BCUT2D eigenvalue weighted by atomic mass is 10.2. The van der Waals surface area contributed by atoms with Crippen molar-refractivity contribution in [2.75, 3.05) is 0 Å². The normalized spacial score (nSPS) is 11.9. The Balaban J connectivity index is 2.39. The smallest absolute Gasteiger partial charge is 0.274 e. The second kappa shape index (κ2) is 6.17. The van der Waals surface area contributed by atoms with Crippen LogP contribution in [-0.4, -0.2) is 14.8 Å². The highest BCUT2D eigenvalue weighted by atomic mass is 32.1. The third kappa shape index (κ3) is 3.55. The van der Waals surface area contributed by atoms with E-state index in [1.165, 1.54) is 4.88 Å². The second-order valence-corrected chi connectivity index (χ2v) is 7.58. The summed E-state index contributed by atoms with van der Waals surface area (Å²) in [5.41, 5.74) is 3.11. The van der Waals surface area contributed by atoms with Crippen LogP contribution in [0.15, 0.2) is 40.7 Å². The van der Waals surface area contributed by atoms with Gasteiger partial charge < -0.3 is 4.43 Å². The molecule has 19 heavy (non-hydrogen) atoms. The molecule has 0 saturated heterocycles. The average Bonchev–Trinajstić information content (AvgIpc) is 2.87. The summed E-state index contributed by atoms with van der Waals surface area (Å²) in [6.45, 7) is 8.38. The van der Waals surface area contributed by atoms with Gasteiger partial charge in [-0.25, -0.2) is 4.99 Å². The molecule has 0 aliphatic carbocycles. The van der Waals surface area contributed by atoms with Gasteiger partial charge in [-0.2, -0.15) is 0 Å². The minimum Gasteiger partial charge on any atom is -0.541 e. The van der Waals surface area contributed by atoms with Crippen molar-refractivity contribution < 1.29 is 4.43 Å². The quantitative estimate of drug-likeness (QED) is 0.583. The van der Waals surface area contributed by atoms with Gasteiger partial charge in [0.15, 0.2) is 0 Å². The molecular formula is C15H18NOSSi. The van der Waals surface area contributed by atoms with Crippen molar-refractivity contribution in [2.24, 2.45) is 4.99 Å². The van der Waals surface area contributed by atoms with Crippen molar-refractivity contribution in [3.05, 3.63) is 46.2 Å². The molecule has 1 aromatic carbocycles. The van der Waals surface area contributed by atoms with Gasteiger partial charge in [-0.3, -0.25) is 0 Å². The molecule has 0 unspecified atom stereocenters. The number of hydrogen-bond acceptors (Lipinski definition) is 3. The van der Waals surface area contributed by atoms with Crippen molar-refractivity contribution >= 4 is 31.8 Å². The van der Waals surface area contributed by atoms with E-state index in [-0.39, 0.29) is 0 Å². The fraction of sp³-hybridized carbons (Fsp3) is 0.267. The molecule has 0 fully saturated rings. The zero-order chi connectivity index (χ0) is 13.8. The van der Waals surface area contributed by atoms with Gasteiger partial charge in [0.1, 0.15) is 11.4 Å². The van der Waals surface area contributed by atoms with E-state index in [0.717, 1.165) is 22.7 Å². The van der Waals surface area contributed by atoms with Crippen molar-refractivity contribution in [2.45, 2.75) is 26.9 Å². The highest BCUT2D eigenvalue weighted by Crippen LogP contribution is 2.32. The molecule has 0 amide bonds. The van der Waals surface area contributed by atoms with Crippen LogP contribution in [0.3, 0.4) is 0 Å². The molecule has 99 valence electrons. The van der Waals surface area contributed by atoms with Gasteiger partial charge in [0.2, 0.25) is 0 Å². The first-order valence-corrected chi connectivity index (χ1v) is 9.53. The third-order valence-corrected chi connectivity index (χ3v) is 4.25. The van der Waals surface area contributed by atoms with E-state index < -0.39 is 9.04 Å². The molecule has 0 spiro atoms. The Morgan fingerprint density at radius 2 is 2.00 bits per heavy atom. The summed E-state index contributed by atoms with van der Waals surface area (Å²) >= 11 is 1.71. The van der Waals surface area contributed by atoms with Crippen molar-refractivity contribution in [3.63, 3.8) is 0 Å². The lowest BCUT2D eigenvalue weighted by Crippen LogP contribution is -2.12. The van der Waals surface area contributed by atoms with Crippen molar-refractivity contribution in [3.8, 4) is 5.75 Å². The molecule has 0 saturated carbocycles. The van der Waals surface area contributed by atoms with Gasteiger partial charge in [-0.05, 0) is 50.0 Å². The molecule has 2 rings (SSSR count). The van der Waals surface area contributed by atoms with Crippen LogP contribution < -0.4 is 4.43 Å². The Labute approximate surface area is 120 Å². The summed E-state index contributed by atoms with van der Waals surface area (Å²) in [7, 11) is -0.786. The van der Waals surface area contributed by atoms with Gasteiger partial charge in [-0.1, -0.05) is 18.2 Å². The minimum absolute atomic E-state index is 0.786. The number of benzene rings is 1. The summed E-state index contributed by atoms with van der Waals surface area (Å²) in [6, 6.07) is 10.3. The number of nitrogens with zero attached hydrogens (tertiary/aromatic N) is 1. The number of hydrogen-bond donors (Lipinski definition) is 0. The maximum absolute atomic E-state index is 5.99. The lowest BCUT2D eigenvalue weighted by Gasteiger charge is -2.14. The third-order valence-electron chi connectivity index (χ3n) is 2.66. The number of aliphatic imine (C=N–C) groups is 1. The fourth-order valence-electron chi connectivity index (χ4n) is 1.78. The number of aryl methyl sites for hydroxylation is 1. The molecule has 0 aliphatic rings. The van der Waals surface area contributed by atoms with Crippen LogP contribution >= 0.6 is 11.3 Å². The predicted octanol–water partition coefficient (Wildman–Crippen LogP) is 4.83. The van der Waals surface area contributed by atoms with Crippen LogP contribution in [0.2, 0.25) is 13.1 Å². The van der Waals surface area contributed by atoms with Crippen LogP contribution in [0.4, 0.5) is 5.69 Å². The monoisotopic (exact) mass is 288 g/mol. The summed E-state index contributed by atoms with van der Waals surface area (Å²) in [6.07, 6.45) is 0. The summed E-state index contributed by atoms with van der Waals surface area (Å²) < 4.78 is 5.99. The average molecular weight is 288 g/mol. The Bertz CT molecular complexity index is 576. The summed E-state index contributed by atoms with van der Waals surface area (Å²) in [4.78, 5) is 5.93. The maximum Gasteiger partial charge on any atom is 0.274 e. The molecule has 4 heteroatoms. The summed E-state index contributed by atoms with van der Waals surface area (Å²) in [5, 5.41) is 2.07. The molecule has 1 aromatic heterocycles. The molecule has 1 heterocycles. The van der Waals surface area contributed by atoms with Crippen LogP contribution in [0.25, 0.3) is 0 Å². The van der Waals surface area contributed by atoms with Gasteiger partial charge in [-0.15, -0.1) is 11.3 Å². The number of rotatable bonds is 4. The molecule has 0 N–H and O–H groups in total. The van der Waals surface area contributed by atoms with Gasteiger partial charge in [0, 0.05) is 4.88 Å². The highest BCUT2D eigenvalue weighted by molar-refractivity contribution is 7.12. The van der Waals surface area contributed by atoms with E-state index in [0.29, 0.717) is 0 Å². The van der Waals surface area contributed by atoms with Crippen LogP contribution in [0.1, 0.15) is 17.4 Å². The number of thiophene rings is 1. The van der Waals surface area contributed by atoms with Gasteiger partial charge in [0.25, 0.3) is 9.04 Å². The molecule has 0 bridgehead atoms. The Morgan fingerprint density at radius 1 is 1.21 bits per heavy atom. The van der Waals surface area contributed by atoms with E-state index in [9.17, 15) is 0 Å². The molecule has 2 nitrogen and oxygen atoms in total. The maximum atomic E-state index is 5.99. The van der Waals surface area contributed by atoms with E-state index in [4.69, 9.17) is 9.42 Å². The fourth-order valence-corrected chi connectivity index (χ4v) is 3.13. The molecule has 1 radical (unpaired) electrons. The second-order valence-electron chi connectivity index (χ2n) is 4.61. The largest absolute Gasteiger partial charge is 0.541 e. The lowest BCUT2D eigenvalue weighted by molar-refractivity contribution is 0.577. The van der Waals surface area contributed by atoms with E-state index >= 15 is 0 Å².